The van der Waals surface area contributed by atoms with E-state index in [0.717, 1.165) is 16.8 Å². The summed E-state index contributed by atoms with van der Waals surface area (Å²) in [5, 5.41) is 2.91. The van der Waals surface area contributed by atoms with E-state index in [4.69, 9.17) is 4.42 Å². The SMILES string of the molecule is Cc1cc(C)c(NC(=O)c2ccoc2)c(C)c1. The third-order valence-corrected chi connectivity index (χ3v) is 2.70. The van der Waals surface area contributed by atoms with E-state index in [0.29, 0.717) is 5.56 Å². The van der Waals surface area contributed by atoms with Crippen molar-refractivity contribution in [2.24, 2.45) is 0 Å². The third-order valence-electron chi connectivity index (χ3n) is 2.70. The van der Waals surface area contributed by atoms with Crippen molar-refractivity contribution in [1.29, 1.82) is 0 Å². The predicted octanol–water partition coefficient (Wildman–Crippen LogP) is 3.46. The Morgan fingerprint density at radius 3 is 2.35 bits per heavy atom. The maximum Gasteiger partial charge on any atom is 0.258 e. The maximum atomic E-state index is 11.9. The van der Waals surface area contributed by atoms with Crippen molar-refractivity contribution in [2.75, 3.05) is 5.32 Å². The van der Waals surface area contributed by atoms with Crippen molar-refractivity contribution in [2.45, 2.75) is 20.8 Å². The first-order valence-electron chi connectivity index (χ1n) is 5.49. The normalized spacial score (nSPS) is 10.3. The first-order valence-corrected chi connectivity index (χ1v) is 5.49. The number of hydrogen-bond donors (Lipinski definition) is 1. The second-order valence-electron chi connectivity index (χ2n) is 4.24. The summed E-state index contributed by atoms with van der Waals surface area (Å²) < 4.78 is 4.89. The molecule has 2 aromatic rings. The second-order valence-corrected chi connectivity index (χ2v) is 4.24. The molecule has 3 heteroatoms. The summed E-state index contributed by atoms with van der Waals surface area (Å²) in [7, 11) is 0. The molecule has 88 valence electrons. The molecule has 0 bridgehead atoms. The van der Waals surface area contributed by atoms with Crippen LogP contribution in [0.4, 0.5) is 5.69 Å². The molecule has 1 aromatic heterocycles. The third kappa shape index (κ3) is 2.38. The van der Waals surface area contributed by atoms with Gasteiger partial charge >= 0.3 is 0 Å². The van der Waals surface area contributed by atoms with Gasteiger partial charge in [0.15, 0.2) is 0 Å². The summed E-state index contributed by atoms with van der Waals surface area (Å²) in [5.74, 6) is -0.145. The predicted molar refractivity (Wildman–Crippen MR) is 67.3 cm³/mol. The molecule has 0 aliphatic heterocycles. The Bertz CT molecular complexity index is 518. The zero-order valence-corrected chi connectivity index (χ0v) is 10.2. The summed E-state index contributed by atoms with van der Waals surface area (Å²) in [6.45, 7) is 6.03. The molecule has 0 atom stereocenters. The van der Waals surface area contributed by atoms with Crippen molar-refractivity contribution < 1.29 is 9.21 Å². The van der Waals surface area contributed by atoms with Crippen LogP contribution >= 0.6 is 0 Å². The monoisotopic (exact) mass is 229 g/mol. The quantitative estimate of drug-likeness (QED) is 0.856. The van der Waals surface area contributed by atoms with Gasteiger partial charge in [-0.15, -0.1) is 0 Å². The summed E-state index contributed by atoms with van der Waals surface area (Å²) in [4.78, 5) is 11.9. The molecule has 17 heavy (non-hydrogen) atoms. The van der Waals surface area contributed by atoms with Gasteiger partial charge in [-0.3, -0.25) is 4.79 Å². The highest BCUT2D eigenvalue weighted by molar-refractivity contribution is 6.04. The van der Waals surface area contributed by atoms with Gasteiger partial charge in [-0.2, -0.15) is 0 Å². The van der Waals surface area contributed by atoms with Crippen LogP contribution < -0.4 is 5.32 Å². The zero-order chi connectivity index (χ0) is 12.4. The highest BCUT2D eigenvalue weighted by Crippen LogP contribution is 2.22. The smallest absolute Gasteiger partial charge is 0.258 e. The van der Waals surface area contributed by atoms with Crippen LogP contribution in [0.3, 0.4) is 0 Å². The van der Waals surface area contributed by atoms with Gasteiger partial charge in [0.05, 0.1) is 11.8 Å². The van der Waals surface area contributed by atoms with Gasteiger partial charge < -0.3 is 9.73 Å². The molecule has 2 rings (SSSR count). The van der Waals surface area contributed by atoms with E-state index in [1.54, 1.807) is 6.07 Å². The fourth-order valence-electron chi connectivity index (χ4n) is 1.96. The van der Waals surface area contributed by atoms with Crippen LogP contribution in [0, 0.1) is 20.8 Å². The molecule has 3 nitrogen and oxygen atoms in total. The van der Waals surface area contributed by atoms with Gasteiger partial charge in [0.1, 0.15) is 6.26 Å². The summed E-state index contributed by atoms with van der Waals surface area (Å²) >= 11 is 0. The fraction of sp³-hybridized carbons (Fsp3) is 0.214. The number of rotatable bonds is 2. The van der Waals surface area contributed by atoms with Gasteiger partial charge in [-0.1, -0.05) is 17.7 Å². The van der Waals surface area contributed by atoms with Crippen LogP contribution in [0.2, 0.25) is 0 Å². The molecule has 0 radical (unpaired) electrons. The summed E-state index contributed by atoms with van der Waals surface area (Å²) in [6.07, 6.45) is 2.93. The molecule has 0 saturated heterocycles. The van der Waals surface area contributed by atoms with Crippen LogP contribution in [0.1, 0.15) is 27.0 Å². The molecular weight excluding hydrogens is 214 g/mol. The lowest BCUT2D eigenvalue weighted by molar-refractivity contribution is 0.102. The molecule has 1 heterocycles. The van der Waals surface area contributed by atoms with Crippen molar-refractivity contribution in [3.8, 4) is 0 Å². The van der Waals surface area contributed by atoms with Gasteiger partial charge in [0.25, 0.3) is 5.91 Å². The van der Waals surface area contributed by atoms with Crippen molar-refractivity contribution in [3.05, 3.63) is 53.0 Å². The Kier molecular flexibility index (Phi) is 3.00. The Labute approximate surface area is 100 Å². The molecule has 1 amide bonds. The number of amides is 1. The highest BCUT2D eigenvalue weighted by Gasteiger charge is 2.10. The maximum absolute atomic E-state index is 11.9. The van der Waals surface area contributed by atoms with Crippen LogP contribution in [0.15, 0.2) is 35.1 Å². The van der Waals surface area contributed by atoms with Crippen LogP contribution in [-0.4, -0.2) is 5.91 Å². The summed E-state index contributed by atoms with van der Waals surface area (Å²) in [5.41, 5.74) is 4.74. The number of aryl methyl sites for hydroxylation is 3. The number of nitrogens with one attached hydrogen (secondary N) is 1. The van der Waals surface area contributed by atoms with E-state index < -0.39 is 0 Å². The van der Waals surface area contributed by atoms with E-state index in [1.165, 1.54) is 18.1 Å². The van der Waals surface area contributed by atoms with Crippen molar-refractivity contribution in [1.82, 2.24) is 0 Å². The van der Waals surface area contributed by atoms with E-state index >= 15 is 0 Å². The number of carbonyl (C=O) groups is 1. The zero-order valence-electron chi connectivity index (χ0n) is 10.2. The molecule has 0 saturated carbocycles. The van der Waals surface area contributed by atoms with Gasteiger partial charge in [-0.25, -0.2) is 0 Å². The second kappa shape index (κ2) is 4.45. The molecule has 0 unspecified atom stereocenters. The van der Waals surface area contributed by atoms with Crippen molar-refractivity contribution in [3.63, 3.8) is 0 Å². The largest absolute Gasteiger partial charge is 0.472 e. The Hall–Kier alpha value is -2.03. The van der Waals surface area contributed by atoms with Crippen molar-refractivity contribution >= 4 is 11.6 Å². The van der Waals surface area contributed by atoms with Gasteiger partial charge in [0, 0.05) is 5.69 Å². The van der Waals surface area contributed by atoms with E-state index in [9.17, 15) is 4.79 Å². The molecule has 0 aliphatic carbocycles. The molecule has 0 fully saturated rings. The molecule has 0 aliphatic rings. The minimum atomic E-state index is -0.145. The lowest BCUT2D eigenvalue weighted by Gasteiger charge is -2.12. The lowest BCUT2D eigenvalue weighted by Crippen LogP contribution is -2.13. The number of benzene rings is 1. The number of carbonyl (C=O) groups excluding carboxylic acids is 1. The molecular formula is C14H15NO2. The average Bonchev–Trinajstić information content (AvgIpc) is 2.76. The van der Waals surface area contributed by atoms with Gasteiger partial charge in [0.2, 0.25) is 0 Å². The molecule has 1 N–H and O–H groups in total. The topological polar surface area (TPSA) is 42.2 Å². The first kappa shape index (κ1) is 11.5. The number of furan rings is 1. The van der Waals surface area contributed by atoms with Crippen LogP contribution in [0.5, 0.6) is 0 Å². The minimum absolute atomic E-state index is 0.145. The van der Waals surface area contributed by atoms with E-state index in [2.05, 4.69) is 17.4 Å². The van der Waals surface area contributed by atoms with Crippen LogP contribution in [0.25, 0.3) is 0 Å². The molecule has 0 spiro atoms. The Morgan fingerprint density at radius 2 is 1.82 bits per heavy atom. The van der Waals surface area contributed by atoms with Gasteiger partial charge in [-0.05, 0) is 38.0 Å². The first-order chi connectivity index (χ1) is 8.08. The standard InChI is InChI=1S/C14H15NO2/c1-9-6-10(2)13(11(3)7-9)15-14(16)12-4-5-17-8-12/h4-8H,1-3H3,(H,15,16). The average molecular weight is 229 g/mol. The van der Waals surface area contributed by atoms with Crippen LogP contribution in [-0.2, 0) is 0 Å². The minimum Gasteiger partial charge on any atom is -0.472 e. The molecule has 1 aromatic carbocycles. The lowest BCUT2D eigenvalue weighted by atomic mass is 10.0. The highest BCUT2D eigenvalue weighted by atomic mass is 16.3. The Morgan fingerprint density at radius 1 is 1.18 bits per heavy atom. The number of hydrogen-bond acceptors (Lipinski definition) is 2. The Balaban J connectivity index is 2.28. The van der Waals surface area contributed by atoms with E-state index in [1.807, 2.05) is 20.8 Å². The number of anilines is 1. The fourth-order valence-corrected chi connectivity index (χ4v) is 1.96. The van der Waals surface area contributed by atoms with E-state index in [-0.39, 0.29) is 5.91 Å². The summed E-state index contributed by atoms with van der Waals surface area (Å²) in [6, 6.07) is 5.75.